The summed E-state index contributed by atoms with van der Waals surface area (Å²) >= 11 is 0. The van der Waals surface area contributed by atoms with Crippen LogP contribution in [0.1, 0.15) is 25.0 Å². The minimum absolute atomic E-state index is 0.269. The molecule has 1 aliphatic heterocycles. The van der Waals surface area contributed by atoms with Crippen LogP contribution in [0.5, 0.6) is 0 Å². The van der Waals surface area contributed by atoms with Crippen molar-refractivity contribution < 1.29 is 4.79 Å². The molecule has 0 bridgehead atoms. The molecule has 2 aromatic carbocycles. The van der Waals surface area contributed by atoms with E-state index in [0.29, 0.717) is 0 Å². The third-order valence-corrected chi connectivity index (χ3v) is 5.20. The lowest BCUT2D eigenvalue weighted by atomic mass is 9.84. The summed E-state index contributed by atoms with van der Waals surface area (Å²) in [6, 6.07) is 20.7. The second kappa shape index (κ2) is 9.01. The average molecular weight is 363 g/mol. The Morgan fingerprint density at radius 2 is 1.52 bits per heavy atom. The van der Waals surface area contributed by atoms with Crippen LogP contribution in [0.4, 0.5) is 0 Å². The number of hydrogen-bond acceptors (Lipinski definition) is 2. The monoisotopic (exact) mass is 362 g/mol. The van der Waals surface area contributed by atoms with Gasteiger partial charge in [0, 0.05) is 38.1 Å². The molecule has 2 aromatic rings. The highest BCUT2D eigenvalue weighted by atomic mass is 16.2. The molecule has 0 saturated carbocycles. The molecule has 0 atom stereocenters. The fraction of sp³-hybridized carbons (Fsp3) is 0.375. The molecule has 1 fully saturated rings. The molecule has 27 heavy (non-hydrogen) atoms. The molecule has 0 unspecified atom stereocenters. The molecule has 1 amide bonds. The topological polar surface area (TPSA) is 23.6 Å². The Labute approximate surface area is 163 Å². The SMILES string of the molecule is CC(C)(Cc1ccccc1)C(=O)N1CCN(C/C=C/c2ccccc2)CC1. The smallest absolute Gasteiger partial charge is 0.228 e. The van der Waals surface area contributed by atoms with Gasteiger partial charge in [-0.25, -0.2) is 0 Å². The van der Waals surface area contributed by atoms with E-state index in [9.17, 15) is 4.79 Å². The van der Waals surface area contributed by atoms with E-state index in [-0.39, 0.29) is 11.3 Å². The number of rotatable bonds is 6. The van der Waals surface area contributed by atoms with Crippen LogP contribution >= 0.6 is 0 Å². The molecular formula is C24H30N2O. The lowest BCUT2D eigenvalue weighted by Gasteiger charge is -2.38. The fourth-order valence-corrected chi connectivity index (χ4v) is 3.65. The molecule has 0 radical (unpaired) electrons. The van der Waals surface area contributed by atoms with Gasteiger partial charge in [-0.05, 0) is 17.5 Å². The summed E-state index contributed by atoms with van der Waals surface area (Å²) in [7, 11) is 0. The van der Waals surface area contributed by atoms with E-state index in [2.05, 4.69) is 67.3 Å². The number of piperazine rings is 1. The molecule has 3 heteroatoms. The van der Waals surface area contributed by atoms with E-state index in [0.717, 1.165) is 39.1 Å². The predicted molar refractivity (Wildman–Crippen MR) is 112 cm³/mol. The zero-order chi connectivity index (χ0) is 19.1. The van der Waals surface area contributed by atoms with Gasteiger partial charge in [0.1, 0.15) is 0 Å². The number of carbonyl (C=O) groups is 1. The third kappa shape index (κ3) is 5.54. The van der Waals surface area contributed by atoms with Gasteiger partial charge in [-0.2, -0.15) is 0 Å². The molecule has 1 saturated heterocycles. The van der Waals surface area contributed by atoms with Crippen molar-refractivity contribution in [2.45, 2.75) is 20.3 Å². The highest BCUT2D eigenvalue weighted by Crippen LogP contribution is 2.25. The first kappa shape index (κ1) is 19.4. The van der Waals surface area contributed by atoms with E-state index in [1.165, 1.54) is 11.1 Å². The van der Waals surface area contributed by atoms with Gasteiger partial charge in [-0.3, -0.25) is 9.69 Å². The van der Waals surface area contributed by atoms with E-state index in [4.69, 9.17) is 0 Å². The first-order valence-corrected chi connectivity index (χ1v) is 9.82. The van der Waals surface area contributed by atoms with Crippen molar-refractivity contribution in [3.05, 3.63) is 77.9 Å². The fourth-order valence-electron chi connectivity index (χ4n) is 3.65. The number of amides is 1. The first-order chi connectivity index (χ1) is 13.0. The molecule has 0 aromatic heterocycles. The zero-order valence-electron chi connectivity index (χ0n) is 16.5. The van der Waals surface area contributed by atoms with Crippen LogP contribution in [-0.2, 0) is 11.2 Å². The molecule has 1 aliphatic rings. The minimum atomic E-state index is -0.364. The zero-order valence-corrected chi connectivity index (χ0v) is 16.5. The highest BCUT2D eigenvalue weighted by molar-refractivity contribution is 5.82. The number of hydrogen-bond donors (Lipinski definition) is 0. The minimum Gasteiger partial charge on any atom is -0.340 e. The van der Waals surface area contributed by atoms with E-state index in [1.807, 2.05) is 29.2 Å². The van der Waals surface area contributed by atoms with Crippen molar-refractivity contribution in [3.8, 4) is 0 Å². The lowest BCUT2D eigenvalue weighted by Crippen LogP contribution is -2.52. The Kier molecular flexibility index (Phi) is 6.46. The predicted octanol–water partition coefficient (Wildman–Crippen LogP) is 4.11. The number of nitrogens with zero attached hydrogens (tertiary/aromatic N) is 2. The Bertz CT molecular complexity index is 744. The molecular weight excluding hydrogens is 332 g/mol. The van der Waals surface area contributed by atoms with E-state index < -0.39 is 0 Å². The maximum atomic E-state index is 13.0. The van der Waals surface area contributed by atoms with Gasteiger partial charge in [0.2, 0.25) is 5.91 Å². The van der Waals surface area contributed by atoms with Gasteiger partial charge in [0.15, 0.2) is 0 Å². The molecule has 142 valence electrons. The second-order valence-corrected chi connectivity index (χ2v) is 7.95. The van der Waals surface area contributed by atoms with Gasteiger partial charge in [0.05, 0.1) is 0 Å². The Balaban J connectivity index is 1.48. The van der Waals surface area contributed by atoms with Crippen molar-refractivity contribution in [2.75, 3.05) is 32.7 Å². The second-order valence-electron chi connectivity index (χ2n) is 7.95. The molecule has 1 heterocycles. The van der Waals surface area contributed by atoms with Crippen LogP contribution in [-0.4, -0.2) is 48.4 Å². The van der Waals surface area contributed by atoms with Crippen molar-refractivity contribution in [3.63, 3.8) is 0 Å². The van der Waals surface area contributed by atoms with E-state index >= 15 is 0 Å². The summed E-state index contributed by atoms with van der Waals surface area (Å²) in [6.07, 6.45) is 5.17. The summed E-state index contributed by atoms with van der Waals surface area (Å²) in [5.74, 6) is 0.269. The summed E-state index contributed by atoms with van der Waals surface area (Å²) < 4.78 is 0. The van der Waals surface area contributed by atoms with Crippen LogP contribution in [0, 0.1) is 5.41 Å². The van der Waals surface area contributed by atoms with Crippen LogP contribution in [0.25, 0.3) is 6.08 Å². The average Bonchev–Trinajstić information content (AvgIpc) is 2.69. The van der Waals surface area contributed by atoms with Gasteiger partial charge in [0.25, 0.3) is 0 Å². The van der Waals surface area contributed by atoms with Crippen LogP contribution in [0.15, 0.2) is 66.7 Å². The van der Waals surface area contributed by atoms with Crippen LogP contribution in [0.2, 0.25) is 0 Å². The highest BCUT2D eigenvalue weighted by Gasteiger charge is 2.33. The molecule has 0 spiro atoms. The normalized spacial score (nSPS) is 16.0. The lowest BCUT2D eigenvalue weighted by molar-refractivity contribution is -0.142. The molecule has 3 nitrogen and oxygen atoms in total. The first-order valence-electron chi connectivity index (χ1n) is 9.82. The van der Waals surface area contributed by atoms with Gasteiger partial charge >= 0.3 is 0 Å². The van der Waals surface area contributed by atoms with Gasteiger partial charge in [-0.15, -0.1) is 0 Å². The number of benzene rings is 2. The standard InChI is InChI=1S/C24H30N2O/c1-24(2,20-22-12-7-4-8-13-22)23(27)26-18-16-25(17-19-26)15-9-14-21-10-5-3-6-11-21/h3-14H,15-20H2,1-2H3/b14-9+. The van der Waals surface area contributed by atoms with Crippen molar-refractivity contribution >= 4 is 12.0 Å². The summed E-state index contributed by atoms with van der Waals surface area (Å²) in [5.41, 5.74) is 2.09. The molecule has 3 rings (SSSR count). The Hall–Kier alpha value is -2.39. The molecule has 0 N–H and O–H groups in total. The van der Waals surface area contributed by atoms with Crippen LogP contribution in [0.3, 0.4) is 0 Å². The van der Waals surface area contributed by atoms with Gasteiger partial charge in [-0.1, -0.05) is 86.7 Å². The maximum absolute atomic E-state index is 13.0. The van der Waals surface area contributed by atoms with Crippen LogP contribution < -0.4 is 0 Å². The quantitative estimate of drug-likeness (QED) is 0.772. The van der Waals surface area contributed by atoms with Crippen molar-refractivity contribution in [2.24, 2.45) is 5.41 Å². The summed E-state index contributed by atoms with van der Waals surface area (Å²) in [5, 5.41) is 0. The van der Waals surface area contributed by atoms with Gasteiger partial charge < -0.3 is 4.90 Å². The summed E-state index contributed by atoms with van der Waals surface area (Å²) in [6.45, 7) is 8.57. The summed E-state index contributed by atoms with van der Waals surface area (Å²) in [4.78, 5) is 17.5. The van der Waals surface area contributed by atoms with Crippen molar-refractivity contribution in [1.82, 2.24) is 9.80 Å². The Morgan fingerprint density at radius 1 is 0.926 bits per heavy atom. The number of carbonyl (C=O) groups excluding carboxylic acids is 1. The third-order valence-electron chi connectivity index (χ3n) is 5.20. The van der Waals surface area contributed by atoms with E-state index in [1.54, 1.807) is 0 Å². The largest absolute Gasteiger partial charge is 0.340 e. The molecule has 0 aliphatic carbocycles. The Morgan fingerprint density at radius 3 is 2.15 bits per heavy atom. The van der Waals surface area contributed by atoms with Crippen molar-refractivity contribution in [1.29, 1.82) is 0 Å². The maximum Gasteiger partial charge on any atom is 0.228 e.